The van der Waals surface area contributed by atoms with E-state index >= 15 is 0 Å². The number of rotatable bonds is 8. The molecule has 0 aromatic heterocycles. The fraction of sp³-hybridized carbons (Fsp3) is 0.588. The SMILES string of the molecule is CN=C(NCCS(=O)(=O)NCC1CCC1)NCc1ccc(F)c(C)c1. The number of hydrogen-bond donors (Lipinski definition) is 3. The first kappa shape index (κ1) is 19.7. The lowest BCUT2D eigenvalue weighted by Gasteiger charge is -2.25. The van der Waals surface area contributed by atoms with Gasteiger partial charge in [-0.3, -0.25) is 4.99 Å². The minimum Gasteiger partial charge on any atom is -0.355 e. The lowest BCUT2D eigenvalue weighted by molar-refractivity contribution is 0.316. The van der Waals surface area contributed by atoms with Crippen LogP contribution in [-0.4, -0.2) is 40.3 Å². The predicted molar refractivity (Wildman–Crippen MR) is 98.5 cm³/mol. The van der Waals surface area contributed by atoms with Gasteiger partial charge in [0.1, 0.15) is 5.82 Å². The maximum atomic E-state index is 13.3. The number of hydrogen-bond acceptors (Lipinski definition) is 3. The van der Waals surface area contributed by atoms with Crippen molar-refractivity contribution >= 4 is 16.0 Å². The summed E-state index contributed by atoms with van der Waals surface area (Å²) in [4.78, 5) is 4.06. The van der Waals surface area contributed by atoms with Crippen molar-refractivity contribution in [1.29, 1.82) is 0 Å². The molecule has 0 saturated heterocycles. The van der Waals surface area contributed by atoms with Crippen LogP contribution in [0.1, 0.15) is 30.4 Å². The van der Waals surface area contributed by atoms with Crippen LogP contribution in [-0.2, 0) is 16.6 Å². The monoisotopic (exact) mass is 370 g/mol. The molecule has 1 fully saturated rings. The van der Waals surface area contributed by atoms with Crippen LogP contribution in [0.2, 0.25) is 0 Å². The summed E-state index contributed by atoms with van der Waals surface area (Å²) in [5, 5.41) is 6.07. The highest BCUT2D eigenvalue weighted by molar-refractivity contribution is 7.89. The Balaban J connectivity index is 1.71. The quantitative estimate of drug-likeness (QED) is 0.479. The molecule has 1 aliphatic rings. The summed E-state index contributed by atoms with van der Waals surface area (Å²) in [6, 6.07) is 4.91. The number of aryl methyl sites for hydroxylation is 1. The van der Waals surface area contributed by atoms with Gasteiger partial charge in [0.2, 0.25) is 10.0 Å². The minimum absolute atomic E-state index is 0.00389. The lowest BCUT2D eigenvalue weighted by Crippen LogP contribution is -2.41. The van der Waals surface area contributed by atoms with E-state index in [1.807, 2.05) is 0 Å². The topological polar surface area (TPSA) is 82.6 Å². The minimum atomic E-state index is -3.27. The van der Waals surface area contributed by atoms with Gasteiger partial charge < -0.3 is 10.6 Å². The molecule has 6 nitrogen and oxygen atoms in total. The molecule has 0 bridgehead atoms. The van der Waals surface area contributed by atoms with E-state index in [2.05, 4.69) is 20.3 Å². The van der Waals surface area contributed by atoms with Crippen molar-refractivity contribution in [3.05, 3.63) is 35.1 Å². The fourth-order valence-electron chi connectivity index (χ4n) is 2.54. The summed E-state index contributed by atoms with van der Waals surface area (Å²) in [6.45, 7) is 3.00. The van der Waals surface area contributed by atoms with Crippen LogP contribution in [0.25, 0.3) is 0 Å². The molecule has 2 rings (SSSR count). The molecule has 0 atom stereocenters. The first-order chi connectivity index (χ1) is 11.9. The average molecular weight is 370 g/mol. The van der Waals surface area contributed by atoms with Gasteiger partial charge in [-0.25, -0.2) is 17.5 Å². The summed E-state index contributed by atoms with van der Waals surface area (Å²) < 4.78 is 39.8. The van der Waals surface area contributed by atoms with Gasteiger partial charge >= 0.3 is 0 Å². The number of halogens is 1. The third-order valence-corrected chi connectivity index (χ3v) is 5.73. The molecular formula is C17H27FN4O2S. The van der Waals surface area contributed by atoms with Crippen molar-refractivity contribution in [3.63, 3.8) is 0 Å². The van der Waals surface area contributed by atoms with Crippen LogP contribution < -0.4 is 15.4 Å². The molecule has 1 aromatic rings. The van der Waals surface area contributed by atoms with E-state index in [4.69, 9.17) is 0 Å². The van der Waals surface area contributed by atoms with Crippen LogP contribution in [0.5, 0.6) is 0 Å². The summed E-state index contributed by atoms with van der Waals surface area (Å²) in [5.41, 5.74) is 1.52. The third kappa shape index (κ3) is 6.62. The Morgan fingerprint density at radius 3 is 2.68 bits per heavy atom. The molecule has 0 amide bonds. The number of sulfonamides is 1. The number of guanidine groups is 1. The normalized spacial score (nSPS) is 15.7. The van der Waals surface area contributed by atoms with Gasteiger partial charge in [0.05, 0.1) is 5.75 Å². The Bertz CT molecular complexity index is 703. The summed E-state index contributed by atoms with van der Waals surface area (Å²) in [7, 11) is -1.65. The number of aliphatic imine (C=N–C) groups is 1. The molecule has 0 radical (unpaired) electrons. The van der Waals surface area contributed by atoms with Gasteiger partial charge in [-0.15, -0.1) is 0 Å². The molecule has 3 N–H and O–H groups in total. The van der Waals surface area contributed by atoms with E-state index in [0.29, 0.717) is 30.5 Å². The second-order valence-electron chi connectivity index (χ2n) is 6.40. The molecule has 0 aliphatic heterocycles. The van der Waals surface area contributed by atoms with Crippen molar-refractivity contribution in [2.24, 2.45) is 10.9 Å². The van der Waals surface area contributed by atoms with Crippen molar-refractivity contribution < 1.29 is 12.8 Å². The smallest absolute Gasteiger partial charge is 0.213 e. The Hall–Kier alpha value is -1.67. The third-order valence-electron chi connectivity index (χ3n) is 4.39. The Kier molecular flexibility index (Phi) is 7.19. The van der Waals surface area contributed by atoms with E-state index in [1.54, 1.807) is 26.1 Å². The first-order valence-corrected chi connectivity index (χ1v) is 10.2. The van der Waals surface area contributed by atoms with Gasteiger partial charge in [0.15, 0.2) is 5.96 Å². The highest BCUT2D eigenvalue weighted by Gasteiger charge is 2.20. The molecule has 1 aliphatic carbocycles. The van der Waals surface area contributed by atoms with Gasteiger partial charge in [-0.05, 0) is 42.9 Å². The van der Waals surface area contributed by atoms with Crippen LogP contribution >= 0.6 is 0 Å². The van der Waals surface area contributed by atoms with Gasteiger partial charge in [0.25, 0.3) is 0 Å². The zero-order valence-electron chi connectivity index (χ0n) is 14.8. The van der Waals surface area contributed by atoms with Gasteiger partial charge in [-0.1, -0.05) is 18.6 Å². The largest absolute Gasteiger partial charge is 0.355 e. The zero-order valence-corrected chi connectivity index (χ0v) is 15.6. The Morgan fingerprint density at radius 2 is 2.08 bits per heavy atom. The maximum absolute atomic E-state index is 13.3. The van der Waals surface area contributed by atoms with Crippen LogP contribution in [0, 0.1) is 18.7 Å². The number of nitrogens with one attached hydrogen (secondary N) is 3. The number of nitrogens with zero attached hydrogens (tertiary/aromatic N) is 1. The van der Waals surface area contributed by atoms with Crippen molar-refractivity contribution in [2.75, 3.05) is 25.9 Å². The average Bonchev–Trinajstić information content (AvgIpc) is 2.52. The van der Waals surface area contributed by atoms with E-state index in [1.165, 1.54) is 12.5 Å². The van der Waals surface area contributed by atoms with Crippen molar-refractivity contribution in [1.82, 2.24) is 15.4 Å². The fourth-order valence-corrected chi connectivity index (χ4v) is 3.55. The Morgan fingerprint density at radius 1 is 1.32 bits per heavy atom. The molecule has 0 unspecified atom stereocenters. The molecule has 1 saturated carbocycles. The van der Waals surface area contributed by atoms with Gasteiger partial charge in [-0.2, -0.15) is 0 Å². The first-order valence-electron chi connectivity index (χ1n) is 8.56. The summed E-state index contributed by atoms with van der Waals surface area (Å²) in [5.74, 6) is 0.772. The van der Waals surface area contributed by atoms with E-state index in [-0.39, 0.29) is 18.1 Å². The summed E-state index contributed by atoms with van der Waals surface area (Å²) in [6.07, 6.45) is 3.42. The van der Waals surface area contributed by atoms with Crippen LogP contribution in [0.15, 0.2) is 23.2 Å². The lowest BCUT2D eigenvalue weighted by atomic mass is 9.86. The molecule has 1 aromatic carbocycles. The van der Waals surface area contributed by atoms with Gasteiger partial charge in [0, 0.05) is 26.7 Å². The maximum Gasteiger partial charge on any atom is 0.213 e. The molecule has 140 valence electrons. The molecule has 0 heterocycles. The van der Waals surface area contributed by atoms with Crippen molar-refractivity contribution in [3.8, 4) is 0 Å². The standard InChI is InChI=1S/C17H27FN4O2S/c1-13-10-15(6-7-16(13)18)11-21-17(19-2)20-8-9-25(23,24)22-12-14-4-3-5-14/h6-7,10,14,22H,3-5,8-9,11-12H2,1-2H3,(H2,19,20,21). The summed E-state index contributed by atoms with van der Waals surface area (Å²) >= 11 is 0. The van der Waals surface area contributed by atoms with Crippen LogP contribution in [0.3, 0.4) is 0 Å². The number of benzene rings is 1. The van der Waals surface area contributed by atoms with Crippen molar-refractivity contribution in [2.45, 2.75) is 32.7 Å². The Labute approximate surface area is 149 Å². The zero-order chi connectivity index (χ0) is 18.3. The van der Waals surface area contributed by atoms with E-state index in [9.17, 15) is 12.8 Å². The highest BCUT2D eigenvalue weighted by atomic mass is 32.2. The second kappa shape index (κ2) is 9.15. The predicted octanol–water partition coefficient (Wildman–Crippen LogP) is 1.52. The molecular weight excluding hydrogens is 343 g/mol. The molecule has 25 heavy (non-hydrogen) atoms. The van der Waals surface area contributed by atoms with E-state index < -0.39 is 10.0 Å². The molecule has 8 heteroatoms. The molecule has 0 spiro atoms. The second-order valence-corrected chi connectivity index (χ2v) is 8.33. The van der Waals surface area contributed by atoms with E-state index in [0.717, 1.165) is 18.4 Å². The highest BCUT2D eigenvalue weighted by Crippen LogP contribution is 2.25. The van der Waals surface area contributed by atoms with Crippen LogP contribution in [0.4, 0.5) is 4.39 Å².